The Morgan fingerprint density at radius 2 is 2.33 bits per heavy atom. The molecule has 1 aromatic carbocycles. The molecule has 1 heterocycles. The van der Waals surface area contributed by atoms with Crippen LogP contribution in [0.2, 0.25) is 0 Å². The topological polar surface area (TPSA) is 32.7 Å². The zero-order chi connectivity index (χ0) is 13.0. The predicted molar refractivity (Wildman–Crippen MR) is 72.8 cm³/mol. The maximum absolute atomic E-state index is 9.30. The average molecular weight is 249 g/mol. The molecule has 0 aromatic heterocycles. The van der Waals surface area contributed by atoms with E-state index >= 15 is 0 Å². The van der Waals surface area contributed by atoms with Gasteiger partial charge < -0.3 is 9.84 Å². The average Bonchev–Trinajstić information content (AvgIpc) is 2.46. The molecule has 2 atom stereocenters. The van der Waals surface area contributed by atoms with Crippen molar-refractivity contribution in [2.24, 2.45) is 5.92 Å². The van der Waals surface area contributed by atoms with E-state index in [1.807, 2.05) is 12.1 Å². The second-order valence-electron chi connectivity index (χ2n) is 5.14. The third-order valence-electron chi connectivity index (χ3n) is 3.93. The fourth-order valence-corrected chi connectivity index (χ4v) is 2.71. The Balaban J connectivity index is 2.07. The molecule has 0 aliphatic carbocycles. The molecule has 0 spiro atoms. The number of aliphatic hydroxyl groups is 1. The first-order valence-corrected chi connectivity index (χ1v) is 6.73. The van der Waals surface area contributed by atoms with Crippen molar-refractivity contribution < 1.29 is 9.84 Å². The van der Waals surface area contributed by atoms with Gasteiger partial charge in [-0.25, -0.2) is 0 Å². The molecule has 1 aromatic rings. The van der Waals surface area contributed by atoms with Crippen molar-refractivity contribution in [3.8, 4) is 5.75 Å². The van der Waals surface area contributed by atoms with E-state index in [4.69, 9.17) is 4.74 Å². The van der Waals surface area contributed by atoms with E-state index in [9.17, 15) is 5.11 Å². The number of hydrogen-bond acceptors (Lipinski definition) is 3. The summed E-state index contributed by atoms with van der Waals surface area (Å²) < 4.78 is 5.28. The summed E-state index contributed by atoms with van der Waals surface area (Å²) in [6.45, 7) is 4.65. The summed E-state index contributed by atoms with van der Waals surface area (Å²) in [5.74, 6) is 1.35. The first-order valence-electron chi connectivity index (χ1n) is 6.73. The number of likely N-dealkylation sites (tertiary alicyclic amines) is 1. The predicted octanol–water partition coefficient (Wildman–Crippen LogP) is 2.46. The van der Waals surface area contributed by atoms with Crippen molar-refractivity contribution in [2.45, 2.75) is 25.8 Å². The Labute approximate surface area is 109 Å². The van der Waals surface area contributed by atoms with Gasteiger partial charge in [0, 0.05) is 19.2 Å². The second-order valence-corrected chi connectivity index (χ2v) is 5.14. The van der Waals surface area contributed by atoms with Crippen LogP contribution in [0.5, 0.6) is 5.75 Å². The maximum Gasteiger partial charge on any atom is 0.119 e. The number of benzene rings is 1. The molecule has 2 unspecified atom stereocenters. The van der Waals surface area contributed by atoms with Crippen molar-refractivity contribution in [1.82, 2.24) is 4.90 Å². The molecule has 1 aliphatic rings. The van der Waals surface area contributed by atoms with Crippen LogP contribution in [0.4, 0.5) is 0 Å². The SMILES string of the molecule is COc1cccc(C(C)N2CCCC(CO)C2)c1. The first kappa shape index (κ1) is 13.4. The van der Waals surface area contributed by atoms with Crippen LogP contribution >= 0.6 is 0 Å². The number of nitrogens with zero attached hydrogens (tertiary/aromatic N) is 1. The van der Waals surface area contributed by atoms with Crippen molar-refractivity contribution in [1.29, 1.82) is 0 Å². The van der Waals surface area contributed by atoms with Gasteiger partial charge >= 0.3 is 0 Å². The molecule has 18 heavy (non-hydrogen) atoms. The van der Waals surface area contributed by atoms with Gasteiger partial charge in [0.05, 0.1) is 7.11 Å². The lowest BCUT2D eigenvalue weighted by molar-refractivity contribution is 0.0935. The Morgan fingerprint density at radius 3 is 3.06 bits per heavy atom. The quantitative estimate of drug-likeness (QED) is 0.889. The van der Waals surface area contributed by atoms with Gasteiger partial charge in [-0.3, -0.25) is 4.90 Å². The summed E-state index contributed by atoms with van der Waals surface area (Å²) >= 11 is 0. The normalized spacial score (nSPS) is 22.7. The molecular weight excluding hydrogens is 226 g/mol. The minimum Gasteiger partial charge on any atom is -0.497 e. The van der Waals surface area contributed by atoms with E-state index in [-0.39, 0.29) is 0 Å². The smallest absolute Gasteiger partial charge is 0.119 e. The number of hydrogen-bond donors (Lipinski definition) is 1. The standard InChI is InChI=1S/C15H23NO2/c1-12(14-6-3-7-15(9-14)18-2)16-8-4-5-13(10-16)11-17/h3,6-7,9,12-13,17H,4-5,8,10-11H2,1-2H3. The van der Waals surface area contributed by atoms with Crippen LogP contribution in [0.3, 0.4) is 0 Å². The Morgan fingerprint density at radius 1 is 1.50 bits per heavy atom. The van der Waals surface area contributed by atoms with Gasteiger partial charge in [0.2, 0.25) is 0 Å². The van der Waals surface area contributed by atoms with Crippen molar-refractivity contribution in [3.05, 3.63) is 29.8 Å². The lowest BCUT2D eigenvalue weighted by Gasteiger charge is -2.36. The zero-order valence-corrected chi connectivity index (χ0v) is 11.3. The largest absolute Gasteiger partial charge is 0.497 e. The van der Waals surface area contributed by atoms with Crippen molar-refractivity contribution in [2.75, 3.05) is 26.8 Å². The summed E-state index contributed by atoms with van der Waals surface area (Å²) in [7, 11) is 1.70. The summed E-state index contributed by atoms with van der Waals surface area (Å²) in [4.78, 5) is 2.46. The molecule has 2 rings (SSSR count). The van der Waals surface area contributed by atoms with Crippen molar-refractivity contribution >= 4 is 0 Å². The molecule has 3 heteroatoms. The van der Waals surface area contributed by atoms with Crippen LogP contribution in [-0.4, -0.2) is 36.8 Å². The van der Waals surface area contributed by atoms with Gasteiger partial charge in [-0.05, 0) is 49.9 Å². The zero-order valence-electron chi connectivity index (χ0n) is 11.3. The van der Waals surface area contributed by atoms with Gasteiger partial charge in [0.25, 0.3) is 0 Å². The van der Waals surface area contributed by atoms with Gasteiger partial charge in [0.15, 0.2) is 0 Å². The van der Waals surface area contributed by atoms with Crippen LogP contribution in [-0.2, 0) is 0 Å². The van der Waals surface area contributed by atoms with Gasteiger partial charge in [0.1, 0.15) is 5.75 Å². The summed E-state index contributed by atoms with van der Waals surface area (Å²) in [5.41, 5.74) is 1.29. The molecular formula is C15H23NO2. The lowest BCUT2D eigenvalue weighted by atomic mass is 9.96. The first-order chi connectivity index (χ1) is 8.74. The molecule has 3 nitrogen and oxygen atoms in total. The number of aliphatic hydroxyl groups excluding tert-OH is 1. The number of ether oxygens (including phenoxy) is 1. The Hall–Kier alpha value is -1.06. The van der Waals surface area contributed by atoms with Gasteiger partial charge in [-0.2, -0.15) is 0 Å². The minimum atomic E-state index is 0.307. The van der Waals surface area contributed by atoms with Crippen LogP contribution in [0.25, 0.3) is 0 Å². The van der Waals surface area contributed by atoms with E-state index < -0.39 is 0 Å². The molecule has 1 fully saturated rings. The van der Waals surface area contributed by atoms with Gasteiger partial charge in [-0.1, -0.05) is 12.1 Å². The molecule has 1 saturated heterocycles. The second kappa shape index (κ2) is 6.21. The fourth-order valence-electron chi connectivity index (χ4n) is 2.71. The van der Waals surface area contributed by atoms with E-state index in [1.54, 1.807) is 7.11 Å². The highest BCUT2D eigenvalue weighted by atomic mass is 16.5. The van der Waals surface area contributed by atoms with Crippen LogP contribution < -0.4 is 4.74 Å². The molecule has 1 aliphatic heterocycles. The Kier molecular flexibility index (Phi) is 4.61. The monoisotopic (exact) mass is 249 g/mol. The molecule has 0 radical (unpaired) electrons. The molecule has 0 amide bonds. The van der Waals surface area contributed by atoms with E-state index in [2.05, 4.69) is 24.0 Å². The summed E-state index contributed by atoms with van der Waals surface area (Å²) in [6, 6.07) is 8.65. The molecule has 100 valence electrons. The number of rotatable bonds is 4. The number of piperidine rings is 1. The van der Waals surface area contributed by atoms with Crippen molar-refractivity contribution in [3.63, 3.8) is 0 Å². The van der Waals surface area contributed by atoms with Crippen LogP contribution in [0.1, 0.15) is 31.4 Å². The fraction of sp³-hybridized carbons (Fsp3) is 0.600. The molecule has 1 N–H and O–H groups in total. The number of methoxy groups -OCH3 is 1. The molecule has 0 saturated carbocycles. The highest BCUT2D eigenvalue weighted by molar-refractivity contribution is 5.30. The highest BCUT2D eigenvalue weighted by Crippen LogP contribution is 2.28. The highest BCUT2D eigenvalue weighted by Gasteiger charge is 2.23. The third kappa shape index (κ3) is 3.03. The minimum absolute atomic E-state index is 0.307. The lowest BCUT2D eigenvalue weighted by Crippen LogP contribution is -2.38. The van der Waals surface area contributed by atoms with Gasteiger partial charge in [-0.15, -0.1) is 0 Å². The maximum atomic E-state index is 9.30. The van der Waals surface area contributed by atoms with E-state index in [0.29, 0.717) is 18.6 Å². The van der Waals surface area contributed by atoms with Crippen LogP contribution in [0.15, 0.2) is 24.3 Å². The third-order valence-corrected chi connectivity index (χ3v) is 3.93. The summed E-state index contributed by atoms with van der Waals surface area (Å²) in [5, 5.41) is 9.30. The Bertz CT molecular complexity index is 381. The molecule has 0 bridgehead atoms. The summed E-state index contributed by atoms with van der Waals surface area (Å²) in [6.07, 6.45) is 2.33. The van der Waals surface area contributed by atoms with E-state index in [1.165, 1.54) is 12.0 Å². The van der Waals surface area contributed by atoms with E-state index in [0.717, 1.165) is 25.3 Å². The van der Waals surface area contributed by atoms with Crippen LogP contribution in [0, 0.1) is 5.92 Å².